The highest BCUT2D eigenvalue weighted by molar-refractivity contribution is 6.07. The molecule has 26 heavy (non-hydrogen) atoms. The monoisotopic (exact) mass is 359 g/mol. The second kappa shape index (κ2) is 7.37. The highest BCUT2D eigenvalue weighted by atomic mass is 16.5. The second-order valence-electron chi connectivity index (χ2n) is 7.97. The van der Waals surface area contributed by atoms with E-state index in [0.29, 0.717) is 26.2 Å². The maximum atomic E-state index is 13.4. The van der Waals surface area contributed by atoms with Crippen LogP contribution in [0.2, 0.25) is 0 Å². The number of urea groups is 1. The van der Waals surface area contributed by atoms with Gasteiger partial charge in [0.05, 0.1) is 18.9 Å². The topological polar surface area (TPSA) is 61.9 Å². The molecule has 6 heteroatoms. The molecule has 2 heterocycles. The Kier molecular flexibility index (Phi) is 5.34. The van der Waals surface area contributed by atoms with Gasteiger partial charge in [-0.05, 0) is 31.7 Å². The van der Waals surface area contributed by atoms with Gasteiger partial charge < -0.3 is 10.1 Å². The molecule has 3 amide bonds. The van der Waals surface area contributed by atoms with Crippen LogP contribution < -0.4 is 5.32 Å². The molecule has 2 fully saturated rings. The summed E-state index contributed by atoms with van der Waals surface area (Å²) in [4.78, 5) is 29.6. The van der Waals surface area contributed by atoms with E-state index in [1.807, 2.05) is 44.2 Å². The first-order valence-electron chi connectivity index (χ1n) is 9.39. The van der Waals surface area contributed by atoms with Crippen molar-refractivity contribution in [3.8, 4) is 0 Å². The van der Waals surface area contributed by atoms with Gasteiger partial charge in [-0.15, -0.1) is 0 Å². The lowest BCUT2D eigenvalue weighted by Gasteiger charge is -2.37. The number of morpholine rings is 1. The standard InChI is InChI=1S/C20H29N3O3/c1-14(2)10-20(17-8-6-5-7-9-17)18(24)23(19(25)21-20)13-22-11-15(3)26-16(4)12-22/h5-9,14-16H,10-13H2,1-4H3,(H,21,25)/t15-,16-,20-/m0/s1. The van der Waals surface area contributed by atoms with Crippen LogP contribution in [0.5, 0.6) is 0 Å². The zero-order valence-corrected chi connectivity index (χ0v) is 16.1. The summed E-state index contributed by atoms with van der Waals surface area (Å²) in [5.41, 5.74) is -0.131. The lowest BCUT2D eigenvalue weighted by molar-refractivity contribution is -0.136. The van der Waals surface area contributed by atoms with Crippen LogP contribution in [0, 0.1) is 5.92 Å². The molecule has 0 aliphatic carbocycles. The summed E-state index contributed by atoms with van der Waals surface area (Å²) in [6.07, 6.45) is 0.761. The number of nitrogens with one attached hydrogen (secondary N) is 1. The first-order valence-corrected chi connectivity index (χ1v) is 9.39. The smallest absolute Gasteiger partial charge is 0.326 e. The van der Waals surface area contributed by atoms with E-state index in [0.717, 1.165) is 5.56 Å². The fourth-order valence-corrected chi connectivity index (χ4v) is 4.14. The molecule has 3 rings (SSSR count). The van der Waals surface area contributed by atoms with Crippen molar-refractivity contribution in [1.82, 2.24) is 15.1 Å². The number of amides is 3. The second-order valence-corrected chi connectivity index (χ2v) is 7.97. The normalized spacial score (nSPS) is 30.1. The Bertz CT molecular complexity index is 654. The number of rotatable bonds is 5. The Hall–Kier alpha value is -1.92. The fourth-order valence-electron chi connectivity index (χ4n) is 4.14. The van der Waals surface area contributed by atoms with Gasteiger partial charge in [-0.3, -0.25) is 9.69 Å². The molecule has 2 saturated heterocycles. The molecule has 3 atom stereocenters. The van der Waals surface area contributed by atoms with Crippen LogP contribution in [0.25, 0.3) is 0 Å². The Morgan fingerprint density at radius 2 is 1.77 bits per heavy atom. The SMILES string of the molecule is CC(C)C[C@@]1(c2ccccc2)NC(=O)N(CN2C[C@H](C)O[C@@H](C)C2)C1=O. The van der Waals surface area contributed by atoms with Crippen LogP contribution in [-0.4, -0.2) is 53.7 Å². The lowest BCUT2D eigenvalue weighted by Crippen LogP contribution is -2.51. The summed E-state index contributed by atoms with van der Waals surface area (Å²) < 4.78 is 5.75. The van der Waals surface area contributed by atoms with Crippen molar-refractivity contribution in [2.75, 3.05) is 19.8 Å². The van der Waals surface area contributed by atoms with E-state index in [-0.39, 0.29) is 30.1 Å². The molecule has 0 bridgehead atoms. The third kappa shape index (κ3) is 3.62. The molecule has 0 spiro atoms. The highest BCUT2D eigenvalue weighted by Crippen LogP contribution is 2.35. The number of hydrogen-bond acceptors (Lipinski definition) is 4. The maximum absolute atomic E-state index is 13.4. The molecule has 1 N–H and O–H groups in total. The minimum absolute atomic E-state index is 0.0917. The van der Waals surface area contributed by atoms with E-state index >= 15 is 0 Å². The molecular formula is C20H29N3O3. The number of carbonyl (C=O) groups is 2. The number of benzene rings is 1. The van der Waals surface area contributed by atoms with Gasteiger partial charge in [0.25, 0.3) is 5.91 Å². The Labute approximate surface area is 155 Å². The molecule has 0 radical (unpaired) electrons. The van der Waals surface area contributed by atoms with Gasteiger partial charge in [0.2, 0.25) is 0 Å². The van der Waals surface area contributed by atoms with Gasteiger partial charge in [0.15, 0.2) is 0 Å². The number of carbonyl (C=O) groups excluding carboxylic acids is 2. The minimum atomic E-state index is -0.976. The Balaban J connectivity index is 1.85. The summed E-state index contributed by atoms with van der Waals surface area (Å²) in [6.45, 7) is 9.89. The number of nitrogens with zero attached hydrogens (tertiary/aromatic N) is 2. The zero-order chi connectivity index (χ0) is 18.9. The third-order valence-electron chi connectivity index (χ3n) is 4.99. The quantitative estimate of drug-likeness (QED) is 0.821. The predicted octanol–water partition coefficient (Wildman–Crippen LogP) is 2.55. The van der Waals surface area contributed by atoms with Gasteiger partial charge in [-0.2, -0.15) is 0 Å². The molecule has 2 aliphatic heterocycles. The average Bonchev–Trinajstić information content (AvgIpc) is 2.79. The van der Waals surface area contributed by atoms with Gasteiger partial charge in [-0.25, -0.2) is 9.69 Å². The van der Waals surface area contributed by atoms with E-state index in [2.05, 4.69) is 24.1 Å². The molecule has 1 aromatic carbocycles. The Morgan fingerprint density at radius 1 is 1.15 bits per heavy atom. The van der Waals surface area contributed by atoms with E-state index in [4.69, 9.17) is 4.74 Å². The predicted molar refractivity (Wildman–Crippen MR) is 99.4 cm³/mol. The molecule has 142 valence electrons. The van der Waals surface area contributed by atoms with Crippen molar-refractivity contribution < 1.29 is 14.3 Å². The van der Waals surface area contributed by atoms with Gasteiger partial charge in [0, 0.05) is 13.1 Å². The van der Waals surface area contributed by atoms with Gasteiger partial charge in [0.1, 0.15) is 5.54 Å². The van der Waals surface area contributed by atoms with Crippen molar-refractivity contribution in [3.63, 3.8) is 0 Å². The van der Waals surface area contributed by atoms with Crippen LogP contribution in [-0.2, 0) is 15.1 Å². The van der Waals surface area contributed by atoms with Crippen molar-refractivity contribution in [2.45, 2.75) is 51.9 Å². The van der Waals surface area contributed by atoms with E-state index in [1.54, 1.807) is 0 Å². The zero-order valence-electron chi connectivity index (χ0n) is 16.1. The summed E-state index contributed by atoms with van der Waals surface area (Å²) in [6, 6.07) is 9.26. The van der Waals surface area contributed by atoms with Crippen LogP contribution in [0.3, 0.4) is 0 Å². The molecule has 0 aromatic heterocycles. The van der Waals surface area contributed by atoms with E-state index < -0.39 is 5.54 Å². The van der Waals surface area contributed by atoms with Crippen molar-refractivity contribution >= 4 is 11.9 Å². The fraction of sp³-hybridized carbons (Fsp3) is 0.600. The summed E-state index contributed by atoms with van der Waals surface area (Å²) in [5.74, 6) is 0.108. The molecule has 1 aromatic rings. The molecule has 6 nitrogen and oxygen atoms in total. The van der Waals surface area contributed by atoms with Crippen molar-refractivity contribution in [2.24, 2.45) is 5.92 Å². The minimum Gasteiger partial charge on any atom is -0.373 e. The number of hydrogen-bond donors (Lipinski definition) is 1. The number of imide groups is 1. The lowest BCUT2D eigenvalue weighted by atomic mass is 9.82. The first-order chi connectivity index (χ1) is 12.3. The van der Waals surface area contributed by atoms with Crippen molar-refractivity contribution in [3.05, 3.63) is 35.9 Å². The summed E-state index contributed by atoms with van der Waals surface area (Å²) >= 11 is 0. The molecule has 0 saturated carbocycles. The molecular weight excluding hydrogens is 330 g/mol. The van der Waals surface area contributed by atoms with Crippen LogP contribution in [0.4, 0.5) is 4.79 Å². The van der Waals surface area contributed by atoms with Gasteiger partial charge in [-0.1, -0.05) is 44.2 Å². The van der Waals surface area contributed by atoms with E-state index in [9.17, 15) is 9.59 Å². The van der Waals surface area contributed by atoms with Crippen LogP contribution >= 0.6 is 0 Å². The average molecular weight is 359 g/mol. The summed E-state index contributed by atoms with van der Waals surface area (Å²) in [7, 11) is 0. The maximum Gasteiger partial charge on any atom is 0.326 e. The Morgan fingerprint density at radius 3 is 2.35 bits per heavy atom. The number of ether oxygens (including phenoxy) is 1. The molecule has 0 unspecified atom stereocenters. The highest BCUT2D eigenvalue weighted by Gasteiger charge is 2.52. The third-order valence-corrected chi connectivity index (χ3v) is 4.99. The van der Waals surface area contributed by atoms with Crippen LogP contribution in [0.15, 0.2) is 30.3 Å². The van der Waals surface area contributed by atoms with Crippen LogP contribution in [0.1, 0.15) is 39.7 Å². The van der Waals surface area contributed by atoms with Gasteiger partial charge >= 0.3 is 6.03 Å². The summed E-state index contributed by atoms with van der Waals surface area (Å²) in [5, 5.41) is 3.01. The van der Waals surface area contributed by atoms with Crippen molar-refractivity contribution in [1.29, 1.82) is 0 Å². The van der Waals surface area contributed by atoms with E-state index in [1.165, 1.54) is 4.90 Å². The largest absolute Gasteiger partial charge is 0.373 e. The molecule has 2 aliphatic rings. The first kappa shape index (κ1) is 18.9.